The van der Waals surface area contributed by atoms with Crippen molar-refractivity contribution < 1.29 is 19.5 Å². The van der Waals surface area contributed by atoms with Crippen LogP contribution in [0, 0.1) is 17.3 Å². The van der Waals surface area contributed by atoms with E-state index in [1.807, 2.05) is 20.8 Å². The quantitative estimate of drug-likeness (QED) is 0.823. The number of nitrogens with zero attached hydrogens (tertiary/aromatic N) is 1. The monoisotopic (exact) mass is 312 g/mol. The number of carbonyl (C=O) groups excluding carboxylic acids is 2. The van der Waals surface area contributed by atoms with E-state index in [9.17, 15) is 14.4 Å². The van der Waals surface area contributed by atoms with Crippen molar-refractivity contribution in [3.05, 3.63) is 0 Å². The largest absolute Gasteiger partial charge is 0.480 e. The number of aliphatic carboxylic acids is 1. The average Bonchev–Trinajstić information content (AvgIpc) is 2.42. The van der Waals surface area contributed by atoms with E-state index in [4.69, 9.17) is 5.11 Å². The van der Waals surface area contributed by atoms with Gasteiger partial charge in [0.1, 0.15) is 6.04 Å². The molecule has 0 aromatic heterocycles. The van der Waals surface area contributed by atoms with Gasteiger partial charge in [-0.1, -0.05) is 34.6 Å². The number of hydrogen-bond donors (Lipinski definition) is 2. The molecular weight excluding hydrogens is 284 g/mol. The number of carboxylic acid groups (broad SMARTS) is 1. The van der Waals surface area contributed by atoms with E-state index in [1.165, 1.54) is 0 Å². The molecule has 1 saturated heterocycles. The van der Waals surface area contributed by atoms with Crippen LogP contribution in [0.4, 0.5) is 0 Å². The minimum atomic E-state index is -1.03. The van der Waals surface area contributed by atoms with Crippen LogP contribution in [0.3, 0.4) is 0 Å². The second-order valence-electron chi connectivity index (χ2n) is 7.41. The Morgan fingerprint density at radius 1 is 1.23 bits per heavy atom. The van der Waals surface area contributed by atoms with E-state index < -0.39 is 17.4 Å². The molecule has 6 nitrogen and oxygen atoms in total. The number of nitrogens with one attached hydrogen (secondary N) is 1. The molecule has 2 amide bonds. The van der Waals surface area contributed by atoms with Gasteiger partial charge in [0, 0.05) is 18.5 Å². The van der Waals surface area contributed by atoms with Crippen LogP contribution in [-0.4, -0.2) is 46.9 Å². The van der Waals surface area contributed by atoms with Gasteiger partial charge in [0.15, 0.2) is 0 Å². The van der Waals surface area contributed by atoms with Crippen molar-refractivity contribution in [2.75, 3.05) is 13.1 Å². The molecular formula is C16H28N2O4. The van der Waals surface area contributed by atoms with Gasteiger partial charge < -0.3 is 15.3 Å². The SMILES string of the molecule is CC(C)[C@@H](NC(=O)C1CCCN(C(=O)C(C)(C)C)C1)C(=O)O. The average molecular weight is 312 g/mol. The Morgan fingerprint density at radius 2 is 1.82 bits per heavy atom. The van der Waals surface area contributed by atoms with Crippen LogP contribution in [-0.2, 0) is 14.4 Å². The van der Waals surface area contributed by atoms with Crippen LogP contribution < -0.4 is 5.32 Å². The molecule has 0 aromatic carbocycles. The predicted molar refractivity (Wildman–Crippen MR) is 83.2 cm³/mol. The summed E-state index contributed by atoms with van der Waals surface area (Å²) < 4.78 is 0. The summed E-state index contributed by atoms with van der Waals surface area (Å²) in [7, 11) is 0. The number of amides is 2. The second kappa shape index (κ2) is 7.11. The van der Waals surface area contributed by atoms with Gasteiger partial charge in [-0.3, -0.25) is 9.59 Å². The molecule has 0 aliphatic carbocycles. The molecule has 22 heavy (non-hydrogen) atoms. The summed E-state index contributed by atoms with van der Waals surface area (Å²) in [4.78, 5) is 37.6. The van der Waals surface area contributed by atoms with Crippen LogP contribution in [0.25, 0.3) is 0 Å². The van der Waals surface area contributed by atoms with Crippen molar-refractivity contribution in [3.8, 4) is 0 Å². The molecule has 2 N–H and O–H groups in total. The highest BCUT2D eigenvalue weighted by atomic mass is 16.4. The topological polar surface area (TPSA) is 86.7 Å². The fourth-order valence-corrected chi connectivity index (χ4v) is 2.63. The lowest BCUT2D eigenvalue weighted by Crippen LogP contribution is -2.52. The highest BCUT2D eigenvalue weighted by Crippen LogP contribution is 2.23. The first-order chi connectivity index (χ1) is 10.0. The van der Waals surface area contributed by atoms with Crippen molar-refractivity contribution in [2.45, 2.75) is 53.5 Å². The summed E-state index contributed by atoms with van der Waals surface area (Å²) in [6.45, 7) is 10.1. The number of rotatable bonds is 4. The summed E-state index contributed by atoms with van der Waals surface area (Å²) in [6.07, 6.45) is 1.45. The van der Waals surface area contributed by atoms with E-state index in [1.54, 1.807) is 18.7 Å². The molecule has 1 rings (SSSR count). The lowest BCUT2D eigenvalue weighted by Gasteiger charge is -2.36. The van der Waals surface area contributed by atoms with Crippen LogP contribution in [0.2, 0.25) is 0 Å². The Labute approximate surface area is 132 Å². The van der Waals surface area contributed by atoms with Crippen molar-refractivity contribution in [3.63, 3.8) is 0 Å². The van der Waals surface area contributed by atoms with E-state index in [0.29, 0.717) is 19.5 Å². The zero-order chi connectivity index (χ0) is 17.1. The van der Waals surface area contributed by atoms with Gasteiger partial charge in [-0.05, 0) is 18.8 Å². The summed E-state index contributed by atoms with van der Waals surface area (Å²) >= 11 is 0. The smallest absolute Gasteiger partial charge is 0.326 e. The van der Waals surface area contributed by atoms with Gasteiger partial charge in [0.05, 0.1) is 5.92 Å². The van der Waals surface area contributed by atoms with Crippen LogP contribution in [0.5, 0.6) is 0 Å². The molecule has 0 bridgehead atoms. The Kier molecular flexibility index (Phi) is 5.97. The fraction of sp³-hybridized carbons (Fsp3) is 0.812. The first-order valence-corrected chi connectivity index (χ1v) is 7.86. The lowest BCUT2D eigenvalue weighted by molar-refractivity contribution is -0.146. The molecule has 126 valence electrons. The van der Waals surface area contributed by atoms with Crippen LogP contribution >= 0.6 is 0 Å². The fourth-order valence-electron chi connectivity index (χ4n) is 2.63. The van der Waals surface area contributed by atoms with E-state index in [0.717, 1.165) is 6.42 Å². The van der Waals surface area contributed by atoms with E-state index >= 15 is 0 Å². The predicted octanol–water partition coefficient (Wildman–Crippen LogP) is 1.50. The minimum Gasteiger partial charge on any atom is -0.480 e. The molecule has 2 atom stereocenters. The van der Waals surface area contributed by atoms with Gasteiger partial charge in [-0.15, -0.1) is 0 Å². The van der Waals surface area contributed by atoms with Crippen molar-refractivity contribution >= 4 is 17.8 Å². The Hall–Kier alpha value is -1.59. The summed E-state index contributed by atoms with van der Waals surface area (Å²) in [5, 5.41) is 11.8. The number of carbonyl (C=O) groups is 3. The Morgan fingerprint density at radius 3 is 2.27 bits per heavy atom. The highest BCUT2D eigenvalue weighted by Gasteiger charge is 2.34. The maximum atomic E-state index is 12.3. The zero-order valence-corrected chi connectivity index (χ0v) is 14.2. The molecule has 1 aliphatic rings. The van der Waals surface area contributed by atoms with Gasteiger partial charge in [-0.2, -0.15) is 0 Å². The lowest BCUT2D eigenvalue weighted by atomic mass is 9.90. The molecule has 1 fully saturated rings. The van der Waals surface area contributed by atoms with Gasteiger partial charge in [-0.25, -0.2) is 4.79 Å². The maximum Gasteiger partial charge on any atom is 0.326 e. The van der Waals surface area contributed by atoms with Gasteiger partial charge >= 0.3 is 5.97 Å². The van der Waals surface area contributed by atoms with Crippen LogP contribution in [0.1, 0.15) is 47.5 Å². The highest BCUT2D eigenvalue weighted by molar-refractivity contribution is 5.86. The molecule has 0 aromatic rings. The number of hydrogen-bond acceptors (Lipinski definition) is 3. The van der Waals surface area contributed by atoms with Crippen LogP contribution in [0.15, 0.2) is 0 Å². The Balaban J connectivity index is 2.70. The maximum absolute atomic E-state index is 12.3. The third-order valence-corrected chi connectivity index (χ3v) is 3.95. The minimum absolute atomic E-state index is 0.0312. The molecule has 6 heteroatoms. The third-order valence-electron chi connectivity index (χ3n) is 3.95. The number of piperidine rings is 1. The molecule has 1 heterocycles. The number of likely N-dealkylation sites (tertiary alicyclic amines) is 1. The Bertz CT molecular complexity index is 440. The van der Waals surface area contributed by atoms with E-state index in [2.05, 4.69) is 5.32 Å². The standard InChI is InChI=1S/C16H28N2O4/c1-10(2)12(14(20)21)17-13(19)11-7-6-8-18(9-11)15(22)16(3,4)5/h10-12H,6-9H2,1-5H3,(H,17,19)(H,20,21)/t11?,12-/m1/s1. The molecule has 1 aliphatic heterocycles. The number of carboxylic acids is 1. The first-order valence-electron chi connectivity index (χ1n) is 7.86. The summed E-state index contributed by atoms with van der Waals surface area (Å²) in [5.74, 6) is -1.78. The van der Waals surface area contributed by atoms with Crippen molar-refractivity contribution in [1.82, 2.24) is 10.2 Å². The molecule has 0 radical (unpaired) electrons. The zero-order valence-electron chi connectivity index (χ0n) is 14.2. The van der Waals surface area contributed by atoms with Gasteiger partial charge in [0.25, 0.3) is 0 Å². The van der Waals surface area contributed by atoms with Gasteiger partial charge in [0.2, 0.25) is 11.8 Å². The van der Waals surface area contributed by atoms with E-state index in [-0.39, 0.29) is 23.7 Å². The molecule has 1 unspecified atom stereocenters. The third kappa shape index (κ3) is 4.71. The normalized spacial score (nSPS) is 20.6. The molecule has 0 saturated carbocycles. The van der Waals surface area contributed by atoms with Crippen molar-refractivity contribution in [2.24, 2.45) is 17.3 Å². The molecule has 0 spiro atoms. The summed E-state index contributed by atoms with van der Waals surface area (Å²) in [6, 6.07) is -0.888. The van der Waals surface area contributed by atoms with Crippen molar-refractivity contribution in [1.29, 1.82) is 0 Å². The second-order valence-corrected chi connectivity index (χ2v) is 7.41. The first kappa shape index (κ1) is 18.5. The summed E-state index contributed by atoms with van der Waals surface area (Å²) in [5.41, 5.74) is -0.472.